The van der Waals surface area contributed by atoms with E-state index < -0.39 is 0 Å². The number of fused-ring (bicyclic) bond motifs is 2. The molecule has 3 nitrogen and oxygen atoms in total. The molecule has 0 bridgehead atoms. The van der Waals surface area contributed by atoms with Gasteiger partial charge in [0.2, 0.25) is 0 Å². The van der Waals surface area contributed by atoms with Crippen molar-refractivity contribution in [1.29, 1.82) is 0 Å². The lowest BCUT2D eigenvalue weighted by molar-refractivity contribution is 0.0946. The Morgan fingerprint density at radius 3 is 2.58 bits per heavy atom. The standard InChI is InChI=1S/C16H16N2O/c19-16(18-15-13-8-17-9-14(13)15)12-6-5-10-3-1-2-4-11(10)7-12/h1-7,13-15,17H,8-9H2,(H,18,19)/t13-,14+,15?. The molecule has 2 fully saturated rings. The molecule has 1 saturated heterocycles. The van der Waals surface area contributed by atoms with Gasteiger partial charge >= 0.3 is 0 Å². The van der Waals surface area contributed by atoms with Gasteiger partial charge in [0, 0.05) is 24.7 Å². The number of carbonyl (C=O) groups excluding carboxylic acids is 1. The molecule has 4 rings (SSSR count). The summed E-state index contributed by atoms with van der Waals surface area (Å²) in [6.45, 7) is 2.10. The van der Waals surface area contributed by atoms with Gasteiger partial charge in [-0.3, -0.25) is 4.79 Å². The predicted molar refractivity (Wildman–Crippen MR) is 75.1 cm³/mol. The molecule has 1 unspecified atom stereocenters. The second-order valence-corrected chi connectivity index (χ2v) is 5.55. The van der Waals surface area contributed by atoms with Crippen LogP contribution in [0.3, 0.4) is 0 Å². The van der Waals surface area contributed by atoms with Crippen LogP contribution in [0, 0.1) is 11.8 Å². The maximum Gasteiger partial charge on any atom is 0.251 e. The summed E-state index contributed by atoms with van der Waals surface area (Å²) in [4.78, 5) is 12.2. The van der Waals surface area contributed by atoms with Crippen molar-refractivity contribution in [3.8, 4) is 0 Å². The van der Waals surface area contributed by atoms with Crippen molar-refractivity contribution in [2.45, 2.75) is 6.04 Å². The van der Waals surface area contributed by atoms with E-state index in [2.05, 4.69) is 16.7 Å². The van der Waals surface area contributed by atoms with Crippen LogP contribution in [-0.2, 0) is 0 Å². The second-order valence-electron chi connectivity index (χ2n) is 5.55. The number of nitrogens with one attached hydrogen (secondary N) is 2. The summed E-state index contributed by atoms with van der Waals surface area (Å²) in [5, 5.41) is 8.79. The van der Waals surface area contributed by atoms with E-state index in [1.807, 2.05) is 36.4 Å². The molecule has 3 heteroatoms. The lowest BCUT2D eigenvalue weighted by atomic mass is 10.1. The largest absolute Gasteiger partial charge is 0.349 e. The van der Waals surface area contributed by atoms with Crippen LogP contribution in [0.15, 0.2) is 42.5 Å². The number of hydrogen-bond acceptors (Lipinski definition) is 2. The third kappa shape index (κ3) is 1.81. The lowest BCUT2D eigenvalue weighted by Gasteiger charge is -2.08. The molecule has 19 heavy (non-hydrogen) atoms. The Bertz CT molecular complexity index is 642. The maximum absolute atomic E-state index is 12.2. The van der Waals surface area contributed by atoms with Gasteiger partial charge in [-0.15, -0.1) is 0 Å². The first-order valence-electron chi connectivity index (χ1n) is 6.83. The van der Waals surface area contributed by atoms with Crippen LogP contribution in [0.25, 0.3) is 10.8 Å². The first-order valence-corrected chi connectivity index (χ1v) is 6.83. The summed E-state index contributed by atoms with van der Waals surface area (Å²) in [5.74, 6) is 1.37. The molecule has 1 heterocycles. The highest BCUT2D eigenvalue weighted by Crippen LogP contribution is 2.41. The molecule has 0 radical (unpaired) electrons. The minimum absolute atomic E-state index is 0.0603. The minimum Gasteiger partial charge on any atom is -0.349 e. The molecule has 0 spiro atoms. The summed E-state index contributed by atoms with van der Waals surface area (Å²) < 4.78 is 0. The number of rotatable bonds is 2. The Kier molecular flexibility index (Phi) is 2.35. The van der Waals surface area contributed by atoms with Gasteiger partial charge in [-0.1, -0.05) is 30.3 Å². The Morgan fingerprint density at radius 2 is 1.79 bits per heavy atom. The predicted octanol–water partition coefficient (Wildman–Crippen LogP) is 1.79. The number of hydrogen-bond donors (Lipinski definition) is 2. The van der Waals surface area contributed by atoms with Gasteiger partial charge < -0.3 is 10.6 Å². The van der Waals surface area contributed by atoms with Crippen LogP contribution in [0.4, 0.5) is 0 Å². The van der Waals surface area contributed by atoms with E-state index in [0.29, 0.717) is 17.9 Å². The Labute approximate surface area is 112 Å². The highest BCUT2D eigenvalue weighted by atomic mass is 16.1. The third-order valence-corrected chi connectivity index (χ3v) is 4.40. The summed E-state index contributed by atoms with van der Waals surface area (Å²) in [7, 11) is 0. The molecule has 2 N–H and O–H groups in total. The van der Waals surface area contributed by atoms with E-state index in [1.54, 1.807) is 0 Å². The van der Waals surface area contributed by atoms with Crippen molar-refractivity contribution in [2.75, 3.05) is 13.1 Å². The molecule has 2 aliphatic rings. The van der Waals surface area contributed by atoms with E-state index in [0.717, 1.165) is 24.0 Å². The summed E-state index contributed by atoms with van der Waals surface area (Å²) in [6.07, 6.45) is 0. The van der Waals surface area contributed by atoms with Crippen LogP contribution in [0.5, 0.6) is 0 Å². The van der Waals surface area contributed by atoms with E-state index in [4.69, 9.17) is 0 Å². The van der Waals surface area contributed by atoms with Gasteiger partial charge in [0.15, 0.2) is 0 Å². The number of benzene rings is 2. The average Bonchev–Trinajstić information content (AvgIpc) is 2.88. The van der Waals surface area contributed by atoms with Crippen LogP contribution in [-0.4, -0.2) is 25.0 Å². The summed E-state index contributed by atoms with van der Waals surface area (Å²) >= 11 is 0. The number of piperidine rings is 1. The lowest BCUT2D eigenvalue weighted by Crippen LogP contribution is -2.32. The summed E-state index contributed by atoms with van der Waals surface area (Å²) in [6, 6.07) is 14.4. The fourth-order valence-corrected chi connectivity index (χ4v) is 3.20. The highest BCUT2D eigenvalue weighted by Gasteiger charge is 2.53. The van der Waals surface area contributed by atoms with Crippen LogP contribution >= 0.6 is 0 Å². The third-order valence-electron chi connectivity index (χ3n) is 4.40. The molecule has 96 valence electrons. The molecular formula is C16H16N2O. The van der Waals surface area contributed by atoms with Crippen molar-refractivity contribution in [3.05, 3.63) is 48.0 Å². The Balaban J connectivity index is 1.55. The van der Waals surface area contributed by atoms with Gasteiger partial charge in [-0.05, 0) is 34.7 Å². The van der Waals surface area contributed by atoms with E-state index in [1.165, 1.54) is 5.39 Å². The molecule has 0 aromatic heterocycles. The monoisotopic (exact) mass is 252 g/mol. The zero-order chi connectivity index (χ0) is 12.8. The maximum atomic E-state index is 12.2. The fraction of sp³-hybridized carbons (Fsp3) is 0.312. The summed E-state index contributed by atoms with van der Waals surface area (Å²) in [5.41, 5.74) is 0.761. The zero-order valence-electron chi connectivity index (χ0n) is 10.6. The van der Waals surface area contributed by atoms with Crippen molar-refractivity contribution < 1.29 is 4.79 Å². The van der Waals surface area contributed by atoms with Crippen LogP contribution in [0.2, 0.25) is 0 Å². The quantitative estimate of drug-likeness (QED) is 0.855. The van der Waals surface area contributed by atoms with Gasteiger partial charge in [0.05, 0.1) is 0 Å². The first kappa shape index (κ1) is 11.0. The average molecular weight is 252 g/mol. The van der Waals surface area contributed by atoms with E-state index in [-0.39, 0.29) is 5.91 Å². The molecule has 3 atom stereocenters. The normalized spacial score (nSPS) is 28.1. The molecule has 1 aliphatic heterocycles. The minimum atomic E-state index is 0.0603. The van der Waals surface area contributed by atoms with Gasteiger partial charge in [-0.25, -0.2) is 0 Å². The second kappa shape index (κ2) is 4.07. The first-order chi connectivity index (χ1) is 9.33. The van der Waals surface area contributed by atoms with Crippen molar-refractivity contribution >= 4 is 16.7 Å². The van der Waals surface area contributed by atoms with Crippen LogP contribution < -0.4 is 10.6 Å². The van der Waals surface area contributed by atoms with Crippen molar-refractivity contribution in [2.24, 2.45) is 11.8 Å². The molecule has 1 amide bonds. The topological polar surface area (TPSA) is 41.1 Å². The van der Waals surface area contributed by atoms with E-state index >= 15 is 0 Å². The van der Waals surface area contributed by atoms with Gasteiger partial charge in [0.25, 0.3) is 5.91 Å². The van der Waals surface area contributed by atoms with Gasteiger partial charge in [-0.2, -0.15) is 0 Å². The number of amides is 1. The Morgan fingerprint density at radius 1 is 1.05 bits per heavy atom. The van der Waals surface area contributed by atoms with Crippen molar-refractivity contribution in [3.63, 3.8) is 0 Å². The SMILES string of the molecule is O=C(NC1[C@H]2CNC[C@@H]12)c1ccc2ccccc2c1. The van der Waals surface area contributed by atoms with Gasteiger partial charge in [0.1, 0.15) is 0 Å². The molecular weight excluding hydrogens is 236 g/mol. The van der Waals surface area contributed by atoms with Crippen molar-refractivity contribution in [1.82, 2.24) is 10.6 Å². The molecule has 2 aromatic carbocycles. The molecule has 1 saturated carbocycles. The number of carbonyl (C=O) groups is 1. The van der Waals surface area contributed by atoms with Crippen LogP contribution in [0.1, 0.15) is 10.4 Å². The fourth-order valence-electron chi connectivity index (χ4n) is 3.20. The highest BCUT2D eigenvalue weighted by molar-refractivity contribution is 5.98. The van der Waals surface area contributed by atoms with E-state index in [9.17, 15) is 4.79 Å². The Hall–Kier alpha value is -1.87. The zero-order valence-corrected chi connectivity index (χ0v) is 10.6. The smallest absolute Gasteiger partial charge is 0.251 e. The molecule has 2 aromatic rings. The molecule has 1 aliphatic carbocycles.